The fraction of sp³-hybridized carbons (Fsp3) is 0.200. The van der Waals surface area contributed by atoms with Crippen LogP contribution in [0.4, 0.5) is 17.6 Å². The highest BCUT2D eigenvalue weighted by molar-refractivity contribution is 5.29. The van der Waals surface area contributed by atoms with Crippen LogP contribution in [0.25, 0.3) is 0 Å². The molecule has 0 aromatic rings. The monoisotopic (exact) mass is 204 g/mol. The van der Waals surface area contributed by atoms with Crippen LogP contribution in [0, 0.1) is 5.41 Å². The van der Waals surface area contributed by atoms with Crippen molar-refractivity contribution in [1.82, 2.24) is 0 Å². The molecule has 1 rings (SSSR count). The van der Waals surface area contributed by atoms with Gasteiger partial charge in [0.1, 0.15) is 0 Å². The van der Waals surface area contributed by atoms with Crippen LogP contribution in [-0.4, -0.2) is 0 Å². The van der Waals surface area contributed by atoms with Crippen LogP contribution in [0.15, 0.2) is 48.6 Å². The fourth-order valence-corrected chi connectivity index (χ4v) is 1.32. The number of allylic oxidation sites excluding steroid dienone is 6. The van der Waals surface area contributed by atoms with E-state index in [1.54, 1.807) is 12.2 Å². The fourth-order valence-electron chi connectivity index (χ4n) is 1.32. The summed E-state index contributed by atoms with van der Waals surface area (Å²) in [5.74, 6) is 0. The zero-order valence-corrected chi connectivity index (χ0v) is 7.18. The summed E-state index contributed by atoms with van der Waals surface area (Å²) >= 11 is 0. The molecular weight excluding hydrogens is 196 g/mol. The number of halogens is 4. The molecule has 0 aliphatic heterocycles. The van der Waals surface area contributed by atoms with Gasteiger partial charge in [-0.3, -0.25) is 0 Å². The zero-order valence-electron chi connectivity index (χ0n) is 7.18. The summed E-state index contributed by atoms with van der Waals surface area (Å²) in [6, 6.07) is 0. The van der Waals surface area contributed by atoms with Gasteiger partial charge in [0.2, 0.25) is 0 Å². The minimum Gasteiger partial charge on any atom is -0.174 e. The summed E-state index contributed by atoms with van der Waals surface area (Å²) in [5.41, 5.74) is -1.37. The van der Waals surface area contributed by atoms with Crippen LogP contribution >= 0.6 is 0 Å². The molecule has 0 N–H and O–H groups in total. The lowest BCUT2D eigenvalue weighted by atomic mass is 9.82. The van der Waals surface area contributed by atoms with E-state index in [4.69, 9.17) is 0 Å². The maximum atomic E-state index is 12.0. The molecule has 0 bridgehead atoms. The summed E-state index contributed by atoms with van der Waals surface area (Å²) < 4.78 is 48.2. The number of rotatable bonds is 2. The lowest BCUT2D eigenvalue weighted by molar-refractivity contribution is 0.387. The standard InChI is InChI=1S/C10H8F4/c11-8(12)6-10(7-9(13)14)4-2-1-3-5-10/h1-4,6-7H,5H2. The van der Waals surface area contributed by atoms with Gasteiger partial charge in [-0.25, -0.2) is 0 Å². The van der Waals surface area contributed by atoms with Gasteiger partial charge in [0.25, 0.3) is 12.2 Å². The van der Waals surface area contributed by atoms with Crippen LogP contribution in [-0.2, 0) is 0 Å². The van der Waals surface area contributed by atoms with Crippen LogP contribution in [0.5, 0.6) is 0 Å². The van der Waals surface area contributed by atoms with Gasteiger partial charge in [-0.05, 0) is 18.6 Å². The van der Waals surface area contributed by atoms with Gasteiger partial charge in [0.15, 0.2) is 0 Å². The summed E-state index contributed by atoms with van der Waals surface area (Å²) in [6.45, 7) is 0. The Morgan fingerprint density at radius 3 is 1.93 bits per heavy atom. The summed E-state index contributed by atoms with van der Waals surface area (Å²) in [4.78, 5) is 0. The van der Waals surface area contributed by atoms with E-state index in [0.717, 1.165) is 0 Å². The molecule has 0 spiro atoms. The maximum Gasteiger partial charge on any atom is 0.267 e. The molecule has 1 aliphatic rings. The number of hydrogen-bond acceptors (Lipinski definition) is 0. The van der Waals surface area contributed by atoms with Gasteiger partial charge in [-0.2, -0.15) is 17.6 Å². The topological polar surface area (TPSA) is 0 Å². The first kappa shape index (κ1) is 10.8. The Balaban J connectivity index is 3.03. The second kappa shape index (κ2) is 4.26. The van der Waals surface area contributed by atoms with Crippen molar-refractivity contribution in [2.45, 2.75) is 6.42 Å². The minimum atomic E-state index is -1.96. The molecule has 0 unspecified atom stereocenters. The predicted octanol–water partition coefficient (Wildman–Crippen LogP) is 4.05. The molecule has 0 saturated heterocycles. The van der Waals surface area contributed by atoms with E-state index in [-0.39, 0.29) is 6.42 Å². The average molecular weight is 204 g/mol. The van der Waals surface area contributed by atoms with Gasteiger partial charge >= 0.3 is 0 Å². The Labute approximate surface area is 78.9 Å². The van der Waals surface area contributed by atoms with E-state index < -0.39 is 17.6 Å². The van der Waals surface area contributed by atoms with Gasteiger partial charge in [-0.1, -0.05) is 24.3 Å². The molecule has 0 saturated carbocycles. The molecule has 76 valence electrons. The van der Waals surface area contributed by atoms with Crippen LogP contribution in [0.3, 0.4) is 0 Å². The Morgan fingerprint density at radius 2 is 1.57 bits per heavy atom. The molecule has 4 heteroatoms. The highest BCUT2D eigenvalue weighted by atomic mass is 19.3. The first-order valence-corrected chi connectivity index (χ1v) is 3.96. The Bertz CT molecular complexity index is 297. The third-order valence-electron chi connectivity index (χ3n) is 1.88. The van der Waals surface area contributed by atoms with Crippen molar-refractivity contribution in [1.29, 1.82) is 0 Å². The van der Waals surface area contributed by atoms with E-state index in [1.165, 1.54) is 12.2 Å². The second-order valence-corrected chi connectivity index (χ2v) is 2.97. The first-order valence-electron chi connectivity index (χ1n) is 3.96. The lowest BCUT2D eigenvalue weighted by Gasteiger charge is -2.22. The molecule has 0 fully saturated rings. The van der Waals surface area contributed by atoms with Crippen molar-refractivity contribution in [2.24, 2.45) is 5.41 Å². The first-order chi connectivity index (χ1) is 6.54. The molecule has 0 radical (unpaired) electrons. The quantitative estimate of drug-likeness (QED) is 0.595. The smallest absolute Gasteiger partial charge is 0.174 e. The Morgan fingerprint density at radius 1 is 1.00 bits per heavy atom. The SMILES string of the molecule is FC(F)=CC1(C=C(F)F)C=CC=CC1. The summed E-state index contributed by atoms with van der Waals surface area (Å²) in [6.07, 6.45) is 3.28. The van der Waals surface area contributed by atoms with Gasteiger partial charge in [0.05, 0.1) is 0 Å². The van der Waals surface area contributed by atoms with Gasteiger partial charge in [-0.15, -0.1) is 0 Å². The van der Waals surface area contributed by atoms with E-state index in [0.29, 0.717) is 12.2 Å². The minimum absolute atomic E-state index is 0.123. The van der Waals surface area contributed by atoms with Crippen molar-refractivity contribution >= 4 is 0 Å². The second-order valence-electron chi connectivity index (χ2n) is 2.97. The molecule has 0 aromatic carbocycles. The van der Waals surface area contributed by atoms with E-state index in [9.17, 15) is 17.6 Å². The predicted molar refractivity (Wildman–Crippen MR) is 45.9 cm³/mol. The van der Waals surface area contributed by atoms with Crippen molar-refractivity contribution in [3.8, 4) is 0 Å². The van der Waals surface area contributed by atoms with E-state index in [2.05, 4.69) is 0 Å². The van der Waals surface area contributed by atoms with Crippen molar-refractivity contribution in [2.75, 3.05) is 0 Å². The molecule has 0 amide bonds. The van der Waals surface area contributed by atoms with Crippen molar-refractivity contribution < 1.29 is 17.6 Å². The highest BCUT2D eigenvalue weighted by Gasteiger charge is 2.24. The third kappa shape index (κ3) is 2.87. The van der Waals surface area contributed by atoms with Crippen LogP contribution in [0.2, 0.25) is 0 Å². The lowest BCUT2D eigenvalue weighted by Crippen LogP contribution is -2.12. The molecule has 0 heterocycles. The van der Waals surface area contributed by atoms with Crippen molar-refractivity contribution in [3.05, 3.63) is 48.6 Å². The zero-order chi connectivity index (χ0) is 10.6. The van der Waals surface area contributed by atoms with Gasteiger partial charge < -0.3 is 0 Å². The number of hydrogen-bond donors (Lipinski definition) is 0. The largest absolute Gasteiger partial charge is 0.267 e. The molecule has 0 nitrogen and oxygen atoms in total. The normalized spacial score (nSPS) is 17.7. The molecule has 0 aromatic heterocycles. The van der Waals surface area contributed by atoms with Crippen LogP contribution in [0.1, 0.15) is 6.42 Å². The Hall–Kier alpha value is -1.32. The average Bonchev–Trinajstić information content (AvgIpc) is 2.01. The molecular formula is C10H8F4. The van der Waals surface area contributed by atoms with Crippen LogP contribution < -0.4 is 0 Å². The van der Waals surface area contributed by atoms with E-state index in [1.807, 2.05) is 0 Å². The summed E-state index contributed by atoms with van der Waals surface area (Å²) in [5, 5.41) is 0. The third-order valence-corrected chi connectivity index (χ3v) is 1.88. The molecule has 0 atom stereocenters. The Kier molecular flexibility index (Phi) is 3.28. The van der Waals surface area contributed by atoms with E-state index >= 15 is 0 Å². The molecule has 14 heavy (non-hydrogen) atoms. The van der Waals surface area contributed by atoms with Crippen molar-refractivity contribution in [3.63, 3.8) is 0 Å². The van der Waals surface area contributed by atoms with Gasteiger partial charge in [0, 0.05) is 5.41 Å². The molecule has 1 aliphatic carbocycles. The highest BCUT2D eigenvalue weighted by Crippen LogP contribution is 2.34. The summed E-state index contributed by atoms with van der Waals surface area (Å²) in [7, 11) is 0. The maximum absolute atomic E-state index is 12.0.